The van der Waals surface area contributed by atoms with E-state index >= 15 is 0 Å². The largest absolute Gasteiger partial charge is 0.383 e. The third-order valence-corrected chi connectivity index (χ3v) is 4.34. The van der Waals surface area contributed by atoms with E-state index in [1.165, 1.54) is 12.1 Å². The van der Waals surface area contributed by atoms with E-state index in [1.807, 2.05) is 0 Å². The molecule has 1 aliphatic heterocycles. The van der Waals surface area contributed by atoms with Crippen molar-refractivity contribution >= 4 is 29.2 Å². The summed E-state index contributed by atoms with van der Waals surface area (Å²) in [5, 5.41) is 0.386. The minimum Gasteiger partial charge on any atom is -0.383 e. The van der Waals surface area contributed by atoms with Crippen LogP contribution in [-0.4, -0.2) is 9.97 Å². The summed E-state index contributed by atoms with van der Waals surface area (Å²) in [6, 6.07) is 4.33. The Morgan fingerprint density at radius 3 is 2.95 bits per heavy atom. The highest BCUT2D eigenvalue weighted by Gasteiger charge is 2.18. The van der Waals surface area contributed by atoms with Gasteiger partial charge >= 0.3 is 0 Å². The lowest BCUT2D eigenvalue weighted by molar-refractivity contribution is 0.627. The molecule has 1 aromatic heterocycles. The predicted octanol–water partition coefficient (Wildman–Crippen LogP) is 3.19. The fourth-order valence-electron chi connectivity index (χ4n) is 2.04. The molecular formula is C13H11ClFN3S. The molecule has 0 amide bonds. The third kappa shape index (κ3) is 2.53. The van der Waals surface area contributed by atoms with Crippen LogP contribution in [-0.2, 0) is 17.9 Å². The molecule has 2 aromatic rings. The molecule has 1 aliphatic rings. The number of thioether (sulfide) groups is 1. The molecule has 0 radical (unpaired) electrons. The van der Waals surface area contributed by atoms with Crippen LogP contribution in [0.5, 0.6) is 0 Å². The Morgan fingerprint density at radius 1 is 1.32 bits per heavy atom. The first kappa shape index (κ1) is 12.7. The molecule has 2 N–H and O–H groups in total. The molecular weight excluding hydrogens is 285 g/mol. The number of halogens is 2. The van der Waals surface area contributed by atoms with Crippen molar-refractivity contribution < 1.29 is 4.39 Å². The van der Waals surface area contributed by atoms with Gasteiger partial charge < -0.3 is 5.73 Å². The molecule has 0 atom stereocenters. The smallest absolute Gasteiger partial charge is 0.135 e. The zero-order chi connectivity index (χ0) is 13.4. The Labute approximate surface area is 119 Å². The van der Waals surface area contributed by atoms with E-state index in [-0.39, 0.29) is 5.82 Å². The van der Waals surface area contributed by atoms with Gasteiger partial charge in [0.05, 0.1) is 5.69 Å². The van der Waals surface area contributed by atoms with Crippen molar-refractivity contribution in [3.63, 3.8) is 0 Å². The standard InChI is InChI=1S/C13H11ClFN3S/c14-10-4-8(15)2-1-7(10)3-12-17-11-6-19-5-9(11)13(16)18-12/h1-2,4H,3,5-6H2,(H2,16,17,18). The Kier molecular flexibility index (Phi) is 3.33. The molecule has 0 aliphatic carbocycles. The summed E-state index contributed by atoms with van der Waals surface area (Å²) in [5.74, 6) is 2.57. The monoisotopic (exact) mass is 295 g/mol. The number of nitrogen functional groups attached to an aromatic ring is 1. The Morgan fingerprint density at radius 2 is 2.16 bits per heavy atom. The first-order valence-corrected chi connectivity index (χ1v) is 7.32. The van der Waals surface area contributed by atoms with Crippen LogP contribution >= 0.6 is 23.4 Å². The second-order valence-electron chi connectivity index (χ2n) is 4.36. The second-order valence-corrected chi connectivity index (χ2v) is 5.75. The van der Waals surface area contributed by atoms with Gasteiger partial charge in [-0.25, -0.2) is 14.4 Å². The molecule has 6 heteroatoms. The van der Waals surface area contributed by atoms with Crippen LogP contribution in [0.2, 0.25) is 5.02 Å². The normalized spacial score (nSPS) is 13.6. The first-order chi connectivity index (χ1) is 9.13. The Balaban J connectivity index is 1.93. The molecule has 98 valence electrons. The number of hydrogen-bond acceptors (Lipinski definition) is 4. The fourth-order valence-corrected chi connectivity index (χ4v) is 3.33. The summed E-state index contributed by atoms with van der Waals surface area (Å²) >= 11 is 7.78. The van der Waals surface area contributed by atoms with Crippen LogP contribution in [0, 0.1) is 5.82 Å². The van der Waals surface area contributed by atoms with E-state index in [0.29, 0.717) is 23.1 Å². The van der Waals surface area contributed by atoms with Gasteiger partial charge in [0, 0.05) is 28.5 Å². The average Bonchev–Trinajstić information content (AvgIpc) is 2.81. The summed E-state index contributed by atoms with van der Waals surface area (Å²) in [5.41, 5.74) is 8.78. The minimum atomic E-state index is -0.348. The molecule has 19 heavy (non-hydrogen) atoms. The van der Waals surface area contributed by atoms with Crippen LogP contribution in [0.4, 0.5) is 10.2 Å². The third-order valence-electron chi connectivity index (χ3n) is 3.02. The number of benzene rings is 1. The molecule has 1 aromatic carbocycles. The maximum absolute atomic E-state index is 13.0. The van der Waals surface area contributed by atoms with Gasteiger partial charge in [0.1, 0.15) is 17.5 Å². The SMILES string of the molecule is Nc1nc(Cc2ccc(F)cc2Cl)nc2c1CSC2. The molecule has 3 rings (SSSR count). The van der Waals surface area contributed by atoms with Crippen LogP contribution in [0.3, 0.4) is 0 Å². The number of anilines is 1. The highest BCUT2D eigenvalue weighted by atomic mass is 35.5. The van der Waals surface area contributed by atoms with Gasteiger partial charge in [-0.1, -0.05) is 17.7 Å². The van der Waals surface area contributed by atoms with E-state index in [2.05, 4.69) is 9.97 Å². The molecule has 0 spiro atoms. The Hall–Kier alpha value is -1.33. The topological polar surface area (TPSA) is 51.8 Å². The highest BCUT2D eigenvalue weighted by molar-refractivity contribution is 7.98. The predicted molar refractivity (Wildman–Crippen MR) is 75.7 cm³/mol. The molecule has 3 nitrogen and oxygen atoms in total. The number of nitrogens with two attached hydrogens (primary N) is 1. The van der Waals surface area contributed by atoms with E-state index in [0.717, 1.165) is 28.3 Å². The van der Waals surface area contributed by atoms with E-state index < -0.39 is 0 Å². The quantitative estimate of drug-likeness (QED) is 0.924. The van der Waals surface area contributed by atoms with Gasteiger partial charge in [-0.05, 0) is 17.7 Å². The Bertz CT molecular complexity index is 648. The van der Waals surface area contributed by atoms with Crippen molar-refractivity contribution in [1.82, 2.24) is 9.97 Å². The number of rotatable bonds is 2. The van der Waals surface area contributed by atoms with Gasteiger partial charge in [0.15, 0.2) is 0 Å². The molecule has 0 unspecified atom stereocenters. The minimum absolute atomic E-state index is 0.348. The van der Waals surface area contributed by atoms with Gasteiger partial charge in [-0.2, -0.15) is 11.8 Å². The molecule has 0 saturated heterocycles. The highest BCUT2D eigenvalue weighted by Crippen LogP contribution is 2.31. The van der Waals surface area contributed by atoms with Crippen molar-refractivity contribution in [1.29, 1.82) is 0 Å². The number of hydrogen-bond donors (Lipinski definition) is 1. The molecule has 2 heterocycles. The van der Waals surface area contributed by atoms with E-state index in [9.17, 15) is 4.39 Å². The van der Waals surface area contributed by atoms with Gasteiger partial charge in [0.25, 0.3) is 0 Å². The summed E-state index contributed by atoms with van der Waals surface area (Å²) in [4.78, 5) is 8.81. The first-order valence-electron chi connectivity index (χ1n) is 5.79. The van der Waals surface area contributed by atoms with E-state index in [1.54, 1.807) is 17.8 Å². The lowest BCUT2D eigenvalue weighted by atomic mass is 10.1. The maximum atomic E-state index is 13.0. The zero-order valence-electron chi connectivity index (χ0n) is 9.99. The second kappa shape index (κ2) is 4.98. The number of nitrogens with zero attached hydrogens (tertiary/aromatic N) is 2. The zero-order valence-corrected chi connectivity index (χ0v) is 11.6. The van der Waals surface area contributed by atoms with E-state index in [4.69, 9.17) is 17.3 Å². The molecule has 0 saturated carbocycles. The van der Waals surface area contributed by atoms with Crippen molar-refractivity contribution in [2.45, 2.75) is 17.9 Å². The lowest BCUT2D eigenvalue weighted by Crippen LogP contribution is -2.06. The summed E-state index contributed by atoms with van der Waals surface area (Å²) < 4.78 is 13.0. The lowest BCUT2D eigenvalue weighted by Gasteiger charge is -2.07. The van der Waals surface area contributed by atoms with Crippen LogP contribution in [0.25, 0.3) is 0 Å². The fraction of sp³-hybridized carbons (Fsp3) is 0.231. The van der Waals surface area contributed by atoms with Gasteiger partial charge in [0.2, 0.25) is 0 Å². The van der Waals surface area contributed by atoms with Crippen molar-refractivity contribution in [2.24, 2.45) is 0 Å². The van der Waals surface area contributed by atoms with Crippen LogP contribution in [0.15, 0.2) is 18.2 Å². The summed E-state index contributed by atoms with van der Waals surface area (Å²) in [7, 11) is 0. The summed E-state index contributed by atoms with van der Waals surface area (Å²) in [6.45, 7) is 0. The molecule has 0 bridgehead atoms. The number of aromatic nitrogens is 2. The van der Waals surface area contributed by atoms with Crippen molar-refractivity contribution in [3.8, 4) is 0 Å². The van der Waals surface area contributed by atoms with Gasteiger partial charge in [-0.15, -0.1) is 0 Å². The van der Waals surface area contributed by atoms with Crippen LogP contribution in [0.1, 0.15) is 22.6 Å². The van der Waals surface area contributed by atoms with Crippen molar-refractivity contribution in [3.05, 3.63) is 51.7 Å². The maximum Gasteiger partial charge on any atom is 0.135 e. The average molecular weight is 296 g/mol. The summed E-state index contributed by atoms with van der Waals surface area (Å²) in [6.07, 6.45) is 0.460. The molecule has 0 fully saturated rings. The van der Waals surface area contributed by atoms with Crippen LogP contribution < -0.4 is 5.73 Å². The number of fused-ring (bicyclic) bond motifs is 1. The van der Waals surface area contributed by atoms with Crippen molar-refractivity contribution in [2.75, 3.05) is 5.73 Å². The van der Waals surface area contributed by atoms with Gasteiger partial charge in [-0.3, -0.25) is 0 Å².